The van der Waals surface area contributed by atoms with E-state index in [2.05, 4.69) is 64.3 Å². The predicted octanol–water partition coefficient (Wildman–Crippen LogP) is 8.33. The van der Waals surface area contributed by atoms with Gasteiger partial charge in [-0.1, -0.05) is 89.8 Å². The van der Waals surface area contributed by atoms with Gasteiger partial charge in [0.25, 0.3) is 0 Å². The number of allylic oxidation sites excluding steroid dienone is 2. The maximum absolute atomic E-state index is 7.02. The summed E-state index contributed by atoms with van der Waals surface area (Å²) in [4.78, 5) is 0. The molecule has 25 heavy (non-hydrogen) atoms. The van der Waals surface area contributed by atoms with Crippen LogP contribution in [-0.4, -0.2) is 16.6 Å². The van der Waals surface area contributed by atoms with Crippen molar-refractivity contribution in [3.05, 3.63) is 23.6 Å². The van der Waals surface area contributed by atoms with Gasteiger partial charge in [-0.2, -0.15) is 0 Å². The second-order valence-corrected chi connectivity index (χ2v) is 15.8. The number of hydrogen-bond donors (Lipinski definition) is 0. The molecule has 3 heteroatoms. The number of rotatable bonds is 16. The maximum atomic E-state index is 7.02. The molecule has 0 spiro atoms. The van der Waals surface area contributed by atoms with E-state index in [-0.39, 0.29) is 0 Å². The van der Waals surface area contributed by atoms with Crippen LogP contribution in [0.2, 0.25) is 25.2 Å². The molecule has 0 rings (SSSR count). The highest BCUT2D eigenvalue weighted by Crippen LogP contribution is 2.26. The monoisotopic (exact) mass is 382 g/mol. The van der Waals surface area contributed by atoms with Crippen molar-refractivity contribution in [2.75, 3.05) is 0 Å². The van der Waals surface area contributed by atoms with Crippen LogP contribution in [-0.2, 0) is 4.12 Å². The molecule has 0 bridgehead atoms. The summed E-state index contributed by atoms with van der Waals surface area (Å²) >= 11 is 0. The van der Waals surface area contributed by atoms with Gasteiger partial charge >= 0.3 is 0 Å². The quantitative estimate of drug-likeness (QED) is 0.192. The molecule has 0 heterocycles. The fourth-order valence-electron chi connectivity index (χ4n) is 3.55. The average molecular weight is 383 g/mol. The maximum Gasteiger partial charge on any atom is 0.201 e. The lowest BCUT2D eigenvalue weighted by Gasteiger charge is -2.35. The zero-order valence-electron chi connectivity index (χ0n) is 18.2. The van der Waals surface area contributed by atoms with E-state index >= 15 is 0 Å². The van der Waals surface area contributed by atoms with Crippen molar-refractivity contribution in [1.29, 1.82) is 0 Å². The van der Waals surface area contributed by atoms with Gasteiger partial charge in [-0.05, 0) is 50.9 Å². The van der Waals surface area contributed by atoms with Crippen molar-refractivity contribution < 1.29 is 4.12 Å². The lowest BCUT2D eigenvalue weighted by molar-refractivity contribution is 0.545. The first-order valence-electron chi connectivity index (χ1n) is 11.0. The fourth-order valence-corrected chi connectivity index (χ4v) is 12.8. The summed E-state index contributed by atoms with van der Waals surface area (Å²) in [5, 5.41) is 0. The Morgan fingerprint density at radius 1 is 0.600 bits per heavy atom. The molecule has 0 N–H and O–H groups in total. The summed E-state index contributed by atoms with van der Waals surface area (Å²) in [6, 6.07) is 2.51. The standard InChI is InChI=1S/C22H46OSi2/c1-7-11-13-15-17-21-24(5,19-9-3)23-25(6,20-10-4)22-18-16-14-12-8-2/h17-18,21-22H,7-16,19-20H2,1-6H3/b21-17+,22-18+. The summed E-state index contributed by atoms with van der Waals surface area (Å²) in [6.07, 6.45) is 17.7. The molecule has 0 saturated heterocycles. The first kappa shape index (κ1) is 24.9. The third-order valence-corrected chi connectivity index (χ3v) is 13.4. The minimum Gasteiger partial charge on any atom is -0.449 e. The SMILES string of the molecule is CCCCC/C=C/[Si](C)(CCC)O[Si](C)(/C=C/CCCCC)CCC. The van der Waals surface area contributed by atoms with Crippen LogP contribution in [0.15, 0.2) is 23.6 Å². The van der Waals surface area contributed by atoms with E-state index in [4.69, 9.17) is 4.12 Å². The molecule has 0 fully saturated rings. The van der Waals surface area contributed by atoms with Crippen LogP contribution in [0.5, 0.6) is 0 Å². The van der Waals surface area contributed by atoms with Crippen molar-refractivity contribution in [3.8, 4) is 0 Å². The van der Waals surface area contributed by atoms with Crippen molar-refractivity contribution in [1.82, 2.24) is 0 Å². The van der Waals surface area contributed by atoms with Gasteiger partial charge < -0.3 is 4.12 Å². The Balaban J connectivity index is 4.89. The number of unbranched alkanes of at least 4 members (excludes halogenated alkanes) is 6. The smallest absolute Gasteiger partial charge is 0.201 e. The molecule has 0 aromatic heterocycles. The van der Waals surface area contributed by atoms with Crippen LogP contribution in [0.1, 0.15) is 91.9 Å². The van der Waals surface area contributed by atoms with E-state index in [0.29, 0.717) is 0 Å². The highest BCUT2D eigenvalue weighted by molar-refractivity contribution is 6.90. The Hall–Kier alpha value is -0.126. The molecule has 2 atom stereocenters. The summed E-state index contributed by atoms with van der Waals surface area (Å²) < 4.78 is 7.02. The lowest BCUT2D eigenvalue weighted by atomic mass is 10.2. The van der Waals surface area contributed by atoms with Gasteiger partial charge in [-0.15, -0.1) is 0 Å². The summed E-state index contributed by atoms with van der Waals surface area (Å²) in [5.41, 5.74) is 5.02. The van der Waals surface area contributed by atoms with Crippen LogP contribution < -0.4 is 0 Å². The van der Waals surface area contributed by atoms with Gasteiger partial charge in [0.2, 0.25) is 16.6 Å². The van der Waals surface area contributed by atoms with E-state index in [9.17, 15) is 0 Å². The Bertz CT molecular complexity index is 333. The summed E-state index contributed by atoms with van der Waals surface area (Å²) in [7, 11) is -3.46. The van der Waals surface area contributed by atoms with Gasteiger partial charge in [-0.25, -0.2) is 0 Å². The van der Waals surface area contributed by atoms with E-state index in [1.54, 1.807) is 0 Å². The fraction of sp³-hybridized carbons (Fsp3) is 0.818. The lowest BCUT2D eigenvalue weighted by Crippen LogP contribution is -2.46. The van der Waals surface area contributed by atoms with Crippen molar-refractivity contribution in [3.63, 3.8) is 0 Å². The van der Waals surface area contributed by atoms with Gasteiger partial charge in [0.05, 0.1) is 0 Å². The molecule has 0 aliphatic rings. The first-order valence-corrected chi connectivity index (χ1v) is 16.4. The Morgan fingerprint density at radius 3 is 1.32 bits per heavy atom. The van der Waals surface area contributed by atoms with Crippen molar-refractivity contribution in [2.45, 2.75) is 117 Å². The zero-order valence-corrected chi connectivity index (χ0v) is 20.2. The molecule has 0 aliphatic carbocycles. The molecule has 1 nitrogen and oxygen atoms in total. The first-order chi connectivity index (χ1) is 11.9. The van der Waals surface area contributed by atoms with Gasteiger partial charge in [-0.3, -0.25) is 0 Å². The largest absolute Gasteiger partial charge is 0.449 e. The van der Waals surface area contributed by atoms with E-state index in [1.807, 2.05) is 0 Å². The summed E-state index contributed by atoms with van der Waals surface area (Å²) in [5.74, 6) is 0. The van der Waals surface area contributed by atoms with E-state index in [1.165, 1.54) is 76.3 Å². The minimum absolute atomic E-state index is 1.22. The average Bonchev–Trinajstić information content (AvgIpc) is 2.54. The molecular formula is C22H46OSi2. The van der Waals surface area contributed by atoms with Crippen LogP contribution in [0.4, 0.5) is 0 Å². The van der Waals surface area contributed by atoms with Gasteiger partial charge in [0.1, 0.15) is 0 Å². The molecule has 0 aromatic rings. The minimum atomic E-state index is -1.73. The Morgan fingerprint density at radius 2 is 1.00 bits per heavy atom. The number of hydrogen-bond acceptors (Lipinski definition) is 1. The van der Waals surface area contributed by atoms with Crippen LogP contribution in [0.25, 0.3) is 0 Å². The molecular weight excluding hydrogens is 336 g/mol. The molecule has 148 valence electrons. The molecule has 0 saturated carbocycles. The highest BCUT2D eigenvalue weighted by Gasteiger charge is 2.35. The van der Waals surface area contributed by atoms with Crippen molar-refractivity contribution >= 4 is 16.6 Å². The summed E-state index contributed by atoms with van der Waals surface area (Å²) in [6.45, 7) is 14.0. The predicted molar refractivity (Wildman–Crippen MR) is 121 cm³/mol. The topological polar surface area (TPSA) is 9.23 Å². The van der Waals surface area contributed by atoms with Gasteiger partial charge in [0.15, 0.2) is 0 Å². The Kier molecular flexibility index (Phi) is 14.9. The van der Waals surface area contributed by atoms with Crippen LogP contribution >= 0.6 is 0 Å². The highest BCUT2D eigenvalue weighted by atomic mass is 28.4. The van der Waals surface area contributed by atoms with Gasteiger partial charge in [0, 0.05) is 0 Å². The second kappa shape index (κ2) is 15.0. The molecule has 2 unspecified atom stereocenters. The third-order valence-electron chi connectivity index (χ3n) is 4.85. The van der Waals surface area contributed by atoms with E-state index < -0.39 is 16.6 Å². The van der Waals surface area contributed by atoms with E-state index in [0.717, 1.165) is 0 Å². The third kappa shape index (κ3) is 12.8. The Labute approximate surface area is 161 Å². The van der Waals surface area contributed by atoms with Crippen LogP contribution in [0, 0.1) is 0 Å². The van der Waals surface area contributed by atoms with Crippen LogP contribution in [0.3, 0.4) is 0 Å². The molecule has 0 aromatic carbocycles. The molecule has 0 amide bonds. The zero-order chi connectivity index (χ0) is 19.0. The normalized spacial score (nSPS) is 17.2. The molecule has 0 radical (unpaired) electrons. The van der Waals surface area contributed by atoms with Crippen molar-refractivity contribution in [2.24, 2.45) is 0 Å². The molecule has 0 aliphatic heterocycles. The second-order valence-electron chi connectivity index (χ2n) is 8.02.